The molecule has 0 spiro atoms. The predicted molar refractivity (Wildman–Crippen MR) is 101 cm³/mol. The Morgan fingerprint density at radius 2 is 2.24 bits per heavy atom. The Hall–Kier alpha value is -1.83. The van der Waals surface area contributed by atoms with Crippen molar-refractivity contribution in [2.24, 2.45) is 5.92 Å². The zero-order valence-electron chi connectivity index (χ0n) is 14.2. The van der Waals surface area contributed by atoms with Crippen LogP contribution in [0.3, 0.4) is 0 Å². The van der Waals surface area contributed by atoms with Gasteiger partial charge >= 0.3 is 0 Å². The first kappa shape index (κ1) is 19.5. The molecule has 1 aliphatic rings. The van der Waals surface area contributed by atoms with Crippen molar-refractivity contribution in [3.63, 3.8) is 0 Å². The molecule has 0 aromatic carbocycles. The van der Waals surface area contributed by atoms with Crippen molar-refractivity contribution in [3.05, 3.63) is 40.7 Å². The summed E-state index contributed by atoms with van der Waals surface area (Å²) in [6.07, 6.45) is 2.48. The lowest BCUT2D eigenvalue weighted by Crippen LogP contribution is -2.30. The molecule has 8 heteroatoms. The number of carbonyl (C=O) groups is 2. The van der Waals surface area contributed by atoms with E-state index in [1.54, 1.807) is 12.1 Å². The molecule has 2 amide bonds. The molecule has 6 nitrogen and oxygen atoms in total. The lowest BCUT2D eigenvalue weighted by Gasteiger charge is -2.16. The van der Waals surface area contributed by atoms with Crippen LogP contribution in [0.4, 0.5) is 5.00 Å². The van der Waals surface area contributed by atoms with Gasteiger partial charge in [0, 0.05) is 13.1 Å². The first-order valence-electron chi connectivity index (χ1n) is 7.97. The molecule has 0 bridgehead atoms. The number of aryl methyl sites for hydroxylation is 1. The molecule has 0 radical (unpaired) electrons. The van der Waals surface area contributed by atoms with Crippen molar-refractivity contribution < 1.29 is 14.0 Å². The van der Waals surface area contributed by atoms with Crippen LogP contribution in [0, 0.1) is 12.8 Å². The van der Waals surface area contributed by atoms with Crippen LogP contribution in [-0.4, -0.2) is 43.4 Å². The summed E-state index contributed by atoms with van der Waals surface area (Å²) in [6, 6.07) is 5.10. The number of rotatable bonds is 5. The molecule has 1 unspecified atom stereocenters. The second-order valence-electron chi connectivity index (χ2n) is 6.02. The number of nitrogens with one attached hydrogen (secondary N) is 2. The quantitative estimate of drug-likeness (QED) is 0.832. The number of halogens is 1. The number of thiophene rings is 1. The second-order valence-corrected chi connectivity index (χ2v) is 7.07. The summed E-state index contributed by atoms with van der Waals surface area (Å²) in [4.78, 5) is 27.4. The van der Waals surface area contributed by atoms with Crippen molar-refractivity contribution in [1.29, 1.82) is 0 Å². The highest BCUT2D eigenvalue weighted by atomic mass is 35.5. The lowest BCUT2D eigenvalue weighted by molar-refractivity contribution is 0.0791. The first-order chi connectivity index (χ1) is 11.6. The van der Waals surface area contributed by atoms with Crippen molar-refractivity contribution in [2.45, 2.75) is 13.3 Å². The Labute approximate surface area is 157 Å². The number of furan rings is 1. The number of carbonyl (C=O) groups excluding carboxylic acids is 2. The van der Waals surface area contributed by atoms with Crippen LogP contribution in [0.15, 0.2) is 28.9 Å². The molecule has 136 valence electrons. The van der Waals surface area contributed by atoms with Gasteiger partial charge in [-0.3, -0.25) is 9.59 Å². The van der Waals surface area contributed by atoms with Crippen molar-refractivity contribution in [3.8, 4) is 0 Å². The number of hydrogen-bond donors (Lipinski definition) is 2. The largest absolute Gasteiger partial charge is 0.459 e. The third-order valence-corrected chi connectivity index (χ3v) is 5.30. The summed E-state index contributed by atoms with van der Waals surface area (Å²) in [6.45, 7) is 4.40. The zero-order chi connectivity index (χ0) is 17.1. The molecular formula is C17H22ClN3O3S. The second kappa shape index (κ2) is 8.51. The standard InChI is InChI=1S/C17H21N3O3S.ClH/c1-11-8-14(19-16(21)13-4-3-7-23-13)24-15(11)17(22)20-6-5-12(10-20)9-18-2;/h3-4,7-8,12,18H,5-6,9-10H2,1-2H3,(H,19,21);1H. The fraction of sp³-hybridized carbons (Fsp3) is 0.412. The number of nitrogens with zero attached hydrogens (tertiary/aromatic N) is 1. The van der Waals surface area contributed by atoms with Gasteiger partial charge in [0.15, 0.2) is 5.76 Å². The van der Waals surface area contributed by atoms with Gasteiger partial charge < -0.3 is 20.0 Å². The van der Waals surface area contributed by atoms with E-state index >= 15 is 0 Å². The van der Waals surface area contributed by atoms with Gasteiger partial charge in [-0.1, -0.05) is 0 Å². The van der Waals surface area contributed by atoms with Crippen LogP contribution >= 0.6 is 23.7 Å². The van der Waals surface area contributed by atoms with E-state index in [-0.39, 0.29) is 30.0 Å². The molecule has 0 aliphatic carbocycles. The van der Waals surface area contributed by atoms with Crippen LogP contribution in [0.25, 0.3) is 0 Å². The van der Waals surface area contributed by atoms with Crippen molar-refractivity contribution in [1.82, 2.24) is 10.2 Å². The molecule has 1 aliphatic heterocycles. The minimum atomic E-state index is -0.310. The fourth-order valence-corrected chi connectivity index (χ4v) is 3.99. The maximum Gasteiger partial charge on any atom is 0.291 e. The van der Waals surface area contributed by atoms with Gasteiger partial charge in [0.2, 0.25) is 0 Å². The van der Waals surface area contributed by atoms with Gasteiger partial charge in [0.05, 0.1) is 16.1 Å². The molecule has 3 rings (SSSR count). The maximum atomic E-state index is 12.7. The molecule has 3 heterocycles. The van der Waals surface area contributed by atoms with Gasteiger partial charge in [-0.05, 0) is 56.6 Å². The highest BCUT2D eigenvalue weighted by Gasteiger charge is 2.28. The predicted octanol–water partition coefficient (Wildman–Crippen LogP) is 3.01. The van der Waals surface area contributed by atoms with Gasteiger partial charge in [-0.25, -0.2) is 0 Å². The highest BCUT2D eigenvalue weighted by molar-refractivity contribution is 7.18. The van der Waals surface area contributed by atoms with E-state index in [4.69, 9.17) is 4.42 Å². The normalized spacial score (nSPS) is 16.6. The van der Waals surface area contributed by atoms with E-state index in [2.05, 4.69) is 10.6 Å². The topological polar surface area (TPSA) is 74.6 Å². The Bertz CT molecular complexity index is 730. The molecule has 2 N–H and O–H groups in total. The van der Waals surface area contributed by atoms with Crippen molar-refractivity contribution in [2.75, 3.05) is 32.0 Å². The minimum Gasteiger partial charge on any atom is -0.459 e. The third kappa shape index (κ3) is 4.42. The smallest absolute Gasteiger partial charge is 0.291 e. The molecule has 0 saturated carbocycles. The van der Waals surface area contributed by atoms with E-state index in [9.17, 15) is 9.59 Å². The highest BCUT2D eigenvalue weighted by Crippen LogP contribution is 2.30. The maximum absolute atomic E-state index is 12.7. The van der Waals surface area contributed by atoms with E-state index < -0.39 is 0 Å². The minimum absolute atomic E-state index is 0. The number of hydrogen-bond acceptors (Lipinski definition) is 5. The Balaban J connectivity index is 0.00000225. The summed E-state index contributed by atoms with van der Waals surface area (Å²) in [5.74, 6) is 0.505. The van der Waals surface area contributed by atoms with Gasteiger partial charge in [-0.15, -0.1) is 23.7 Å². The summed E-state index contributed by atoms with van der Waals surface area (Å²) in [5.41, 5.74) is 0.886. The number of amides is 2. The number of likely N-dealkylation sites (tertiary alicyclic amines) is 1. The van der Waals surface area contributed by atoms with E-state index in [1.807, 2.05) is 24.9 Å². The van der Waals surface area contributed by atoms with Crippen LogP contribution in [-0.2, 0) is 0 Å². The van der Waals surface area contributed by atoms with E-state index in [0.717, 1.165) is 31.6 Å². The molecule has 2 aromatic rings. The zero-order valence-corrected chi connectivity index (χ0v) is 15.8. The van der Waals surface area contributed by atoms with Gasteiger partial charge in [0.1, 0.15) is 0 Å². The van der Waals surface area contributed by atoms with Crippen LogP contribution < -0.4 is 10.6 Å². The summed E-state index contributed by atoms with van der Waals surface area (Å²) < 4.78 is 5.08. The van der Waals surface area contributed by atoms with Gasteiger partial charge in [-0.2, -0.15) is 0 Å². The van der Waals surface area contributed by atoms with Crippen LogP contribution in [0.2, 0.25) is 0 Å². The van der Waals surface area contributed by atoms with Crippen molar-refractivity contribution >= 4 is 40.6 Å². The monoisotopic (exact) mass is 383 g/mol. The summed E-state index contributed by atoms with van der Waals surface area (Å²) in [7, 11) is 1.93. The summed E-state index contributed by atoms with van der Waals surface area (Å²) >= 11 is 1.31. The average Bonchev–Trinajstić information content (AvgIpc) is 3.27. The third-order valence-electron chi connectivity index (χ3n) is 4.16. The fourth-order valence-electron chi connectivity index (χ4n) is 2.95. The van der Waals surface area contributed by atoms with Crippen LogP contribution in [0.5, 0.6) is 0 Å². The molecular weight excluding hydrogens is 362 g/mol. The summed E-state index contributed by atoms with van der Waals surface area (Å²) in [5, 5.41) is 6.61. The Morgan fingerprint density at radius 1 is 1.44 bits per heavy atom. The molecule has 2 aromatic heterocycles. The molecule has 1 saturated heterocycles. The molecule has 25 heavy (non-hydrogen) atoms. The number of anilines is 1. The first-order valence-corrected chi connectivity index (χ1v) is 8.79. The van der Waals surface area contributed by atoms with Crippen LogP contribution in [0.1, 0.15) is 32.2 Å². The molecule has 1 atom stereocenters. The Kier molecular flexibility index (Phi) is 6.64. The van der Waals surface area contributed by atoms with E-state index in [0.29, 0.717) is 15.8 Å². The SMILES string of the molecule is CNCC1CCN(C(=O)c2sc(NC(=O)c3ccco3)cc2C)C1.Cl. The molecule has 1 fully saturated rings. The van der Waals surface area contributed by atoms with E-state index in [1.165, 1.54) is 17.6 Å². The lowest BCUT2D eigenvalue weighted by atomic mass is 10.1. The average molecular weight is 384 g/mol. The van der Waals surface area contributed by atoms with Gasteiger partial charge in [0.25, 0.3) is 11.8 Å². The Morgan fingerprint density at radius 3 is 2.92 bits per heavy atom.